The van der Waals surface area contributed by atoms with Crippen LogP contribution in [0.4, 0.5) is 0 Å². The van der Waals surface area contributed by atoms with E-state index in [1.54, 1.807) is 12.1 Å². The van der Waals surface area contributed by atoms with Gasteiger partial charge in [0.2, 0.25) is 0 Å². The maximum atomic E-state index is 12.4. The zero-order chi connectivity index (χ0) is 16.2. The third-order valence-electron chi connectivity index (χ3n) is 4.56. The molecule has 1 aliphatic heterocycles. The van der Waals surface area contributed by atoms with E-state index in [9.17, 15) is 14.7 Å². The van der Waals surface area contributed by atoms with Crippen molar-refractivity contribution in [1.82, 2.24) is 4.57 Å². The fourth-order valence-electron chi connectivity index (χ4n) is 3.32. The van der Waals surface area contributed by atoms with E-state index in [4.69, 9.17) is 0 Å². The van der Waals surface area contributed by atoms with Crippen molar-refractivity contribution < 1.29 is 14.7 Å². The zero-order valence-electron chi connectivity index (χ0n) is 13.1. The van der Waals surface area contributed by atoms with Gasteiger partial charge in [-0.15, -0.1) is 0 Å². The summed E-state index contributed by atoms with van der Waals surface area (Å²) in [7, 11) is 0. The first-order chi connectivity index (χ1) is 11.2. The number of ketones is 1. The van der Waals surface area contributed by atoms with E-state index < -0.39 is 11.9 Å². The minimum atomic E-state index is -0.802. The average Bonchev–Trinajstić information content (AvgIpc) is 3.13. The summed E-state index contributed by atoms with van der Waals surface area (Å²) in [5, 5.41) is 9.19. The van der Waals surface area contributed by atoms with Gasteiger partial charge in [0.05, 0.1) is 11.6 Å². The Morgan fingerprint density at radius 1 is 1.09 bits per heavy atom. The van der Waals surface area contributed by atoms with Crippen molar-refractivity contribution in [1.29, 1.82) is 0 Å². The first-order valence-corrected chi connectivity index (χ1v) is 8.16. The Labute approximate surface area is 135 Å². The highest BCUT2D eigenvalue weighted by molar-refractivity contribution is 5.95. The van der Waals surface area contributed by atoms with Crippen molar-refractivity contribution >= 4 is 11.8 Å². The first kappa shape index (κ1) is 15.5. The van der Waals surface area contributed by atoms with Gasteiger partial charge in [0, 0.05) is 18.7 Å². The number of hydrogen-bond acceptors (Lipinski definition) is 2. The highest BCUT2D eigenvalue weighted by Gasteiger charge is 2.31. The van der Waals surface area contributed by atoms with Crippen LogP contribution < -0.4 is 0 Å². The number of carboxylic acids is 1. The van der Waals surface area contributed by atoms with E-state index in [1.807, 2.05) is 22.8 Å². The number of carbonyl (C=O) groups is 2. The van der Waals surface area contributed by atoms with Crippen LogP contribution in [0, 0.1) is 0 Å². The van der Waals surface area contributed by atoms with Crippen LogP contribution in [0.3, 0.4) is 0 Å². The van der Waals surface area contributed by atoms with Crippen molar-refractivity contribution in [2.24, 2.45) is 0 Å². The molecule has 2 aromatic rings. The number of aromatic nitrogens is 1. The fourth-order valence-corrected chi connectivity index (χ4v) is 3.32. The Morgan fingerprint density at radius 3 is 2.61 bits per heavy atom. The molecule has 0 spiro atoms. The van der Waals surface area contributed by atoms with Gasteiger partial charge < -0.3 is 9.67 Å². The molecule has 2 heterocycles. The monoisotopic (exact) mass is 311 g/mol. The number of hydrogen-bond donors (Lipinski definition) is 1. The number of aryl methyl sites for hydroxylation is 1. The largest absolute Gasteiger partial charge is 0.481 e. The number of carbonyl (C=O) groups excluding carboxylic acids is 1. The minimum absolute atomic E-state index is 0.121. The predicted octanol–water partition coefficient (Wildman–Crippen LogP) is 3.66. The smallest absolute Gasteiger partial charge is 0.312 e. The summed E-state index contributed by atoms with van der Waals surface area (Å²) in [6.45, 7) is 0.629. The number of fused-ring (bicyclic) bond motifs is 1. The van der Waals surface area contributed by atoms with E-state index in [-0.39, 0.29) is 5.78 Å². The molecule has 1 aliphatic rings. The molecule has 0 saturated carbocycles. The summed E-state index contributed by atoms with van der Waals surface area (Å²) in [6, 6.07) is 13.9. The van der Waals surface area contributed by atoms with Crippen LogP contribution in [-0.2, 0) is 17.8 Å². The van der Waals surface area contributed by atoms with Crippen LogP contribution in [0.1, 0.15) is 53.3 Å². The standard InChI is InChI=1S/C19H21NO3/c21-18(9-5-4-8-14-6-2-1-3-7-14)17-11-10-16-15(19(22)23)12-13-20(16)17/h1-3,6-7,10-11,15H,4-5,8-9,12-13H2,(H,22,23). The molecule has 4 heteroatoms. The molecule has 1 unspecified atom stereocenters. The van der Waals surface area contributed by atoms with E-state index in [2.05, 4.69) is 12.1 Å². The second-order valence-corrected chi connectivity index (χ2v) is 6.09. The molecule has 0 bridgehead atoms. The topological polar surface area (TPSA) is 59.3 Å². The summed E-state index contributed by atoms with van der Waals surface area (Å²) >= 11 is 0. The fraction of sp³-hybridized carbons (Fsp3) is 0.368. The van der Waals surface area contributed by atoms with Crippen LogP contribution in [0.5, 0.6) is 0 Å². The average molecular weight is 311 g/mol. The number of aliphatic carboxylic acids is 1. The number of carboxylic acid groups (broad SMARTS) is 1. The molecule has 23 heavy (non-hydrogen) atoms. The second-order valence-electron chi connectivity index (χ2n) is 6.09. The summed E-state index contributed by atoms with van der Waals surface area (Å²) < 4.78 is 1.89. The van der Waals surface area contributed by atoms with Gasteiger partial charge in [0.1, 0.15) is 0 Å². The molecule has 0 radical (unpaired) electrons. The lowest BCUT2D eigenvalue weighted by atomic mass is 10.0. The van der Waals surface area contributed by atoms with E-state index in [0.29, 0.717) is 25.1 Å². The van der Waals surface area contributed by atoms with E-state index in [1.165, 1.54) is 5.56 Å². The van der Waals surface area contributed by atoms with Gasteiger partial charge in [0.25, 0.3) is 0 Å². The lowest BCUT2D eigenvalue weighted by molar-refractivity contribution is -0.138. The SMILES string of the molecule is O=C(CCCCc1ccccc1)c1ccc2n1CCC2C(=O)O. The molecule has 0 saturated heterocycles. The Balaban J connectivity index is 1.54. The van der Waals surface area contributed by atoms with E-state index >= 15 is 0 Å². The van der Waals surface area contributed by atoms with Crippen LogP contribution in [0.15, 0.2) is 42.5 Å². The molecule has 120 valence electrons. The third-order valence-corrected chi connectivity index (χ3v) is 4.56. The van der Waals surface area contributed by atoms with E-state index in [0.717, 1.165) is 25.0 Å². The maximum absolute atomic E-state index is 12.4. The van der Waals surface area contributed by atoms with Crippen LogP contribution in [0.25, 0.3) is 0 Å². The van der Waals surface area contributed by atoms with Crippen LogP contribution in [-0.4, -0.2) is 21.4 Å². The highest BCUT2D eigenvalue weighted by atomic mass is 16.4. The van der Waals surface area contributed by atoms with Gasteiger partial charge in [-0.05, 0) is 43.4 Å². The molecule has 1 aromatic carbocycles. The highest BCUT2D eigenvalue weighted by Crippen LogP contribution is 2.31. The van der Waals surface area contributed by atoms with Gasteiger partial charge in [-0.2, -0.15) is 0 Å². The molecule has 4 nitrogen and oxygen atoms in total. The molecule has 0 amide bonds. The Kier molecular flexibility index (Phi) is 4.60. The van der Waals surface area contributed by atoms with Crippen molar-refractivity contribution in [2.45, 2.75) is 44.6 Å². The number of unbranched alkanes of at least 4 members (excludes halogenated alkanes) is 1. The van der Waals surface area contributed by atoms with Gasteiger partial charge in [0.15, 0.2) is 5.78 Å². The number of benzene rings is 1. The van der Waals surface area contributed by atoms with Crippen molar-refractivity contribution in [3.63, 3.8) is 0 Å². The number of rotatable bonds is 7. The van der Waals surface area contributed by atoms with Gasteiger partial charge in [-0.1, -0.05) is 30.3 Å². The molecule has 0 fully saturated rings. The molecule has 1 atom stereocenters. The number of Topliss-reactive ketones (excluding diaryl/α,β-unsaturated/α-hetero) is 1. The number of nitrogens with zero attached hydrogens (tertiary/aromatic N) is 1. The Bertz CT molecular complexity index is 703. The van der Waals surface area contributed by atoms with Crippen LogP contribution in [0.2, 0.25) is 0 Å². The van der Waals surface area contributed by atoms with Gasteiger partial charge in [-0.25, -0.2) is 0 Å². The van der Waals surface area contributed by atoms with Crippen LogP contribution >= 0.6 is 0 Å². The third kappa shape index (κ3) is 3.36. The summed E-state index contributed by atoms with van der Waals surface area (Å²) in [5.74, 6) is -1.14. The van der Waals surface area contributed by atoms with Gasteiger partial charge in [-0.3, -0.25) is 9.59 Å². The van der Waals surface area contributed by atoms with Gasteiger partial charge >= 0.3 is 5.97 Å². The minimum Gasteiger partial charge on any atom is -0.481 e. The first-order valence-electron chi connectivity index (χ1n) is 8.16. The summed E-state index contributed by atoms with van der Waals surface area (Å²) in [5.41, 5.74) is 2.74. The Morgan fingerprint density at radius 2 is 1.87 bits per heavy atom. The summed E-state index contributed by atoms with van der Waals surface area (Å²) in [6.07, 6.45) is 3.94. The lowest BCUT2D eigenvalue weighted by Crippen LogP contribution is -2.09. The predicted molar refractivity (Wildman–Crippen MR) is 87.8 cm³/mol. The maximum Gasteiger partial charge on any atom is 0.312 e. The molecule has 1 aromatic heterocycles. The zero-order valence-corrected chi connectivity index (χ0v) is 13.1. The molecular weight excluding hydrogens is 290 g/mol. The lowest BCUT2D eigenvalue weighted by Gasteiger charge is -2.06. The molecule has 1 N–H and O–H groups in total. The second kappa shape index (κ2) is 6.82. The molecule has 0 aliphatic carbocycles. The van der Waals surface area contributed by atoms with Crippen molar-refractivity contribution in [3.8, 4) is 0 Å². The van der Waals surface area contributed by atoms with Crippen molar-refractivity contribution in [3.05, 3.63) is 59.4 Å². The summed E-state index contributed by atoms with van der Waals surface area (Å²) in [4.78, 5) is 23.6. The molecule has 3 rings (SSSR count). The normalized spacial score (nSPS) is 16.3. The Hall–Kier alpha value is -2.36. The quantitative estimate of drug-likeness (QED) is 0.627. The molecular formula is C19H21NO3. The van der Waals surface area contributed by atoms with Crippen molar-refractivity contribution in [2.75, 3.05) is 0 Å².